The van der Waals surface area contributed by atoms with Crippen LogP contribution in [0.5, 0.6) is 11.5 Å². The summed E-state index contributed by atoms with van der Waals surface area (Å²) in [6.07, 6.45) is 1.27. The maximum atomic E-state index is 12.5. The van der Waals surface area contributed by atoms with Crippen molar-refractivity contribution in [1.82, 2.24) is 0 Å². The predicted octanol–water partition coefficient (Wildman–Crippen LogP) is 3.90. The lowest BCUT2D eigenvalue weighted by molar-refractivity contribution is -0.139. The second-order valence-electron chi connectivity index (χ2n) is 5.82. The number of hydrogen-bond donors (Lipinski definition) is 1. The molecule has 0 radical (unpaired) electrons. The van der Waals surface area contributed by atoms with Crippen molar-refractivity contribution in [3.63, 3.8) is 0 Å². The van der Waals surface area contributed by atoms with Gasteiger partial charge in [-0.2, -0.15) is 0 Å². The maximum absolute atomic E-state index is 12.5. The molecule has 0 aliphatic heterocycles. The quantitative estimate of drug-likeness (QED) is 0.320. The molecule has 0 aliphatic rings. The smallest absolute Gasteiger partial charge is 0.333 e. The van der Waals surface area contributed by atoms with Crippen molar-refractivity contribution >= 4 is 11.8 Å². The minimum Gasteiger partial charge on any atom is -0.504 e. The third-order valence-electron chi connectivity index (χ3n) is 3.66. The van der Waals surface area contributed by atoms with Crippen LogP contribution < -0.4 is 4.74 Å². The van der Waals surface area contributed by atoms with Crippen LogP contribution >= 0.6 is 0 Å². The number of unbranched alkanes of at least 4 members (excludes halogenated alkanes) is 1. The van der Waals surface area contributed by atoms with Crippen molar-refractivity contribution in [3.05, 3.63) is 71.8 Å². The minimum absolute atomic E-state index is 0.171. The third kappa shape index (κ3) is 5.21. The summed E-state index contributed by atoms with van der Waals surface area (Å²) in [5, 5.41) is 10.3. The molecule has 0 bridgehead atoms. The van der Waals surface area contributed by atoms with E-state index in [-0.39, 0.29) is 29.5 Å². The van der Waals surface area contributed by atoms with Gasteiger partial charge in [-0.05, 0) is 31.9 Å². The monoisotopic (exact) mass is 354 g/mol. The van der Waals surface area contributed by atoms with E-state index in [4.69, 9.17) is 9.47 Å². The number of hydrogen-bond acceptors (Lipinski definition) is 5. The average molecular weight is 354 g/mol. The van der Waals surface area contributed by atoms with Gasteiger partial charge in [0.25, 0.3) is 0 Å². The van der Waals surface area contributed by atoms with Gasteiger partial charge in [-0.1, -0.05) is 43.0 Å². The zero-order chi connectivity index (χ0) is 18.9. The largest absolute Gasteiger partial charge is 0.504 e. The highest BCUT2D eigenvalue weighted by Crippen LogP contribution is 2.31. The van der Waals surface area contributed by atoms with E-state index in [0.717, 1.165) is 0 Å². The highest BCUT2D eigenvalue weighted by Gasteiger charge is 2.16. The summed E-state index contributed by atoms with van der Waals surface area (Å²) < 4.78 is 10.5. The summed E-state index contributed by atoms with van der Waals surface area (Å²) in [7, 11) is 0. The minimum atomic E-state index is -0.407. The molecule has 1 N–H and O–H groups in total. The van der Waals surface area contributed by atoms with Crippen molar-refractivity contribution in [2.75, 3.05) is 13.2 Å². The molecular weight excluding hydrogens is 332 g/mol. The predicted molar refractivity (Wildman–Crippen MR) is 98.5 cm³/mol. The molecule has 0 spiro atoms. The van der Waals surface area contributed by atoms with Crippen molar-refractivity contribution < 1.29 is 24.2 Å². The number of aromatic hydroxyl groups is 1. The molecule has 0 heterocycles. The molecule has 0 atom stereocenters. The number of phenolic OH excluding ortho intramolecular Hbond substituents is 1. The molecule has 5 heteroatoms. The summed E-state index contributed by atoms with van der Waals surface area (Å²) in [4.78, 5) is 23.7. The molecule has 26 heavy (non-hydrogen) atoms. The van der Waals surface area contributed by atoms with E-state index in [1.807, 2.05) is 6.07 Å². The van der Waals surface area contributed by atoms with E-state index in [1.54, 1.807) is 49.4 Å². The molecule has 0 unspecified atom stereocenters. The maximum Gasteiger partial charge on any atom is 0.333 e. The lowest BCUT2D eigenvalue weighted by Crippen LogP contribution is -2.08. The number of rotatable bonds is 9. The van der Waals surface area contributed by atoms with Crippen LogP contribution in [0.25, 0.3) is 0 Å². The van der Waals surface area contributed by atoms with Crippen LogP contribution in [0.1, 0.15) is 35.7 Å². The first-order chi connectivity index (χ1) is 12.5. The Morgan fingerprint density at radius 3 is 2.38 bits per heavy atom. The van der Waals surface area contributed by atoms with Crippen molar-refractivity contribution in [3.8, 4) is 11.5 Å². The fourth-order valence-corrected chi connectivity index (χ4v) is 2.24. The van der Waals surface area contributed by atoms with Crippen molar-refractivity contribution in [1.29, 1.82) is 0 Å². The van der Waals surface area contributed by atoms with Gasteiger partial charge in [-0.25, -0.2) is 4.79 Å². The highest BCUT2D eigenvalue weighted by molar-refractivity contribution is 6.11. The van der Waals surface area contributed by atoms with E-state index in [1.165, 1.54) is 0 Å². The molecule has 2 aromatic carbocycles. The van der Waals surface area contributed by atoms with Crippen molar-refractivity contribution in [2.45, 2.75) is 19.8 Å². The van der Waals surface area contributed by atoms with Gasteiger partial charge in [0.05, 0.1) is 18.8 Å². The van der Waals surface area contributed by atoms with Gasteiger partial charge in [0.1, 0.15) is 0 Å². The normalized spacial score (nSPS) is 10.2. The molecule has 0 saturated heterocycles. The van der Waals surface area contributed by atoms with Crippen LogP contribution in [0, 0.1) is 0 Å². The fourth-order valence-electron chi connectivity index (χ4n) is 2.24. The number of ketones is 1. The lowest BCUT2D eigenvalue weighted by atomic mass is 10.0. The highest BCUT2D eigenvalue weighted by atomic mass is 16.5. The Bertz CT molecular complexity index is 780. The van der Waals surface area contributed by atoms with Gasteiger partial charge >= 0.3 is 5.97 Å². The molecule has 136 valence electrons. The zero-order valence-electron chi connectivity index (χ0n) is 14.7. The number of esters is 1. The van der Waals surface area contributed by atoms with E-state index < -0.39 is 5.97 Å². The number of ether oxygens (including phenoxy) is 2. The van der Waals surface area contributed by atoms with Crippen LogP contribution in [0.4, 0.5) is 0 Å². The first kappa shape index (κ1) is 19.2. The second-order valence-corrected chi connectivity index (χ2v) is 5.82. The standard InChI is InChI=1S/C21H22O5/c1-15(2)21(24)26-14-7-6-13-25-18-12-8-11-17(20(18)23)19(22)16-9-4-3-5-10-16/h3-5,8-12,23H,1,6-7,13-14H2,2H3. The summed E-state index contributed by atoms with van der Waals surface area (Å²) in [5.41, 5.74) is 1.06. The molecule has 0 aliphatic carbocycles. The van der Waals surface area contributed by atoms with Gasteiger partial charge in [0.2, 0.25) is 0 Å². The van der Waals surface area contributed by atoms with Gasteiger partial charge < -0.3 is 14.6 Å². The van der Waals surface area contributed by atoms with E-state index in [9.17, 15) is 14.7 Å². The number of para-hydroxylation sites is 1. The summed E-state index contributed by atoms with van der Waals surface area (Å²) in [6, 6.07) is 13.6. The molecule has 0 fully saturated rings. The van der Waals surface area contributed by atoms with E-state index in [2.05, 4.69) is 6.58 Å². The molecule has 5 nitrogen and oxygen atoms in total. The van der Waals surface area contributed by atoms with Gasteiger partial charge in [-0.15, -0.1) is 0 Å². The van der Waals surface area contributed by atoms with Gasteiger partial charge in [-0.3, -0.25) is 4.79 Å². The third-order valence-corrected chi connectivity index (χ3v) is 3.66. The molecular formula is C21H22O5. The van der Waals surface area contributed by atoms with E-state index >= 15 is 0 Å². The number of phenols is 1. The Hall–Kier alpha value is -3.08. The molecule has 2 rings (SSSR count). The van der Waals surface area contributed by atoms with Gasteiger partial charge in [0, 0.05) is 11.1 Å². The van der Waals surface area contributed by atoms with Crippen LogP contribution in [0.3, 0.4) is 0 Å². The summed E-state index contributed by atoms with van der Waals surface area (Å²) >= 11 is 0. The average Bonchev–Trinajstić information content (AvgIpc) is 2.65. The molecule has 2 aromatic rings. The van der Waals surface area contributed by atoms with Crippen LogP contribution in [0.15, 0.2) is 60.7 Å². The number of carbonyl (C=O) groups excluding carboxylic acids is 2. The summed E-state index contributed by atoms with van der Waals surface area (Å²) in [6.45, 7) is 5.72. The first-order valence-corrected chi connectivity index (χ1v) is 8.38. The van der Waals surface area contributed by atoms with E-state index in [0.29, 0.717) is 30.6 Å². The first-order valence-electron chi connectivity index (χ1n) is 8.38. The van der Waals surface area contributed by atoms with Crippen LogP contribution in [-0.4, -0.2) is 30.1 Å². The lowest BCUT2D eigenvalue weighted by Gasteiger charge is -2.11. The van der Waals surface area contributed by atoms with Gasteiger partial charge in [0.15, 0.2) is 17.3 Å². The Labute approximate surface area is 152 Å². The number of benzene rings is 2. The Morgan fingerprint density at radius 1 is 1.00 bits per heavy atom. The molecule has 0 saturated carbocycles. The SMILES string of the molecule is C=C(C)C(=O)OCCCCOc1cccc(C(=O)c2ccccc2)c1O. The van der Waals surface area contributed by atoms with Crippen LogP contribution in [-0.2, 0) is 9.53 Å². The fraction of sp³-hybridized carbons (Fsp3) is 0.238. The Morgan fingerprint density at radius 2 is 1.69 bits per heavy atom. The number of carbonyl (C=O) groups is 2. The Kier molecular flexibility index (Phi) is 6.97. The Balaban J connectivity index is 1.88. The molecule has 0 amide bonds. The summed E-state index contributed by atoms with van der Waals surface area (Å²) in [5.74, 6) is -0.586. The second kappa shape index (κ2) is 9.42. The topological polar surface area (TPSA) is 72.8 Å². The van der Waals surface area contributed by atoms with Crippen LogP contribution in [0.2, 0.25) is 0 Å². The zero-order valence-corrected chi connectivity index (χ0v) is 14.7. The van der Waals surface area contributed by atoms with Crippen molar-refractivity contribution in [2.24, 2.45) is 0 Å². The molecule has 0 aromatic heterocycles.